The van der Waals surface area contributed by atoms with Gasteiger partial charge in [-0.2, -0.15) is 0 Å². The largest absolute Gasteiger partial charge is 0.359 e. The van der Waals surface area contributed by atoms with E-state index >= 15 is 0 Å². The molecule has 158 valence electrons. The van der Waals surface area contributed by atoms with Crippen LogP contribution in [0.1, 0.15) is 38.2 Å². The second kappa shape index (κ2) is 13.3. The minimum Gasteiger partial charge on any atom is -0.359 e. The molecule has 0 atom stereocenters. The predicted molar refractivity (Wildman–Crippen MR) is 127 cm³/mol. The Labute approximate surface area is 193 Å². The van der Waals surface area contributed by atoms with Gasteiger partial charge in [0.15, 0.2) is 5.96 Å². The first-order chi connectivity index (χ1) is 13.0. The van der Waals surface area contributed by atoms with Gasteiger partial charge in [-0.05, 0) is 56.2 Å². The van der Waals surface area contributed by atoms with Crippen molar-refractivity contribution in [3.8, 4) is 0 Å². The van der Waals surface area contributed by atoms with Crippen molar-refractivity contribution in [3.05, 3.63) is 34.1 Å². The third-order valence-corrected chi connectivity index (χ3v) is 5.38. The molecule has 2 N–H and O–H groups in total. The molecule has 1 aromatic carbocycles. The molecular weight excluding hydrogens is 538 g/mol. The third kappa shape index (κ3) is 8.23. The summed E-state index contributed by atoms with van der Waals surface area (Å²) in [5.41, 5.74) is 0.730. The number of hydrogen-bond donors (Lipinski definition) is 2. The molecule has 1 saturated heterocycles. The molecule has 2 rings (SSSR count). The zero-order chi connectivity index (χ0) is 19.6. The van der Waals surface area contributed by atoms with E-state index in [2.05, 4.69) is 38.4 Å². The van der Waals surface area contributed by atoms with Crippen LogP contribution in [-0.2, 0) is 11.2 Å². The Kier molecular flexibility index (Phi) is 12.0. The lowest BCUT2D eigenvalue weighted by Crippen LogP contribution is -2.46. The fourth-order valence-corrected chi connectivity index (χ4v) is 3.65. The van der Waals surface area contributed by atoms with Gasteiger partial charge in [0.05, 0.1) is 0 Å². The van der Waals surface area contributed by atoms with E-state index in [0.717, 1.165) is 54.9 Å². The first-order valence-electron chi connectivity index (χ1n) is 9.71. The number of amides is 1. The number of nitrogens with zero attached hydrogens (tertiary/aromatic N) is 2. The number of benzene rings is 1. The smallest absolute Gasteiger partial charge is 0.220 e. The molecule has 0 aromatic heterocycles. The Balaban J connectivity index is 0.00000392. The van der Waals surface area contributed by atoms with Crippen molar-refractivity contribution in [3.63, 3.8) is 0 Å². The van der Waals surface area contributed by atoms with E-state index in [9.17, 15) is 9.18 Å². The Morgan fingerprint density at radius 3 is 2.68 bits per heavy atom. The topological polar surface area (TPSA) is 56.7 Å². The van der Waals surface area contributed by atoms with E-state index in [1.54, 1.807) is 7.05 Å². The summed E-state index contributed by atoms with van der Waals surface area (Å²) in [4.78, 5) is 18.5. The number of guanidine groups is 1. The van der Waals surface area contributed by atoms with Crippen LogP contribution in [-0.4, -0.2) is 50.0 Å². The molecule has 1 aliphatic heterocycles. The number of aryl methyl sites for hydroxylation is 1. The van der Waals surface area contributed by atoms with Crippen LogP contribution < -0.4 is 10.6 Å². The Bertz CT molecular complexity index is 651. The van der Waals surface area contributed by atoms with Crippen molar-refractivity contribution in [1.82, 2.24) is 15.5 Å². The summed E-state index contributed by atoms with van der Waals surface area (Å²) in [6, 6.07) is 5.20. The molecule has 0 aliphatic carbocycles. The van der Waals surface area contributed by atoms with E-state index in [1.165, 1.54) is 6.07 Å². The van der Waals surface area contributed by atoms with Crippen LogP contribution in [0.25, 0.3) is 0 Å². The zero-order valence-corrected chi connectivity index (χ0v) is 20.6. The number of nitrogens with one attached hydrogen (secondary N) is 2. The van der Waals surface area contributed by atoms with Gasteiger partial charge < -0.3 is 15.5 Å². The highest BCUT2D eigenvalue weighted by Gasteiger charge is 2.22. The highest BCUT2D eigenvalue weighted by molar-refractivity contribution is 14.0. The summed E-state index contributed by atoms with van der Waals surface area (Å²) in [5.74, 6) is 1.32. The summed E-state index contributed by atoms with van der Waals surface area (Å²) in [7, 11) is 1.69. The van der Waals surface area contributed by atoms with E-state index < -0.39 is 0 Å². The fourth-order valence-electron chi connectivity index (χ4n) is 3.32. The van der Waals surface area contributed by atoms with Crippen molar-refractivity contribution in [1.29, 1.82) is 0 Å². The first kappa shape index (κ1) is 25.1. The van der Waals surface area contributed by atoms with Gasteiger partial charge in [0.2, 0.25) is 5.91 Å². The van der Waals surface area contributed by atoms with E-state index in [4.69, 9.17) is 4.99 Å². The second-order valence-electron chi connectivity index (χ2n) is 6.88. The SMILES string of the molecule is CCNC(=NCCCc1ccc(Br)cc1F)N1CCC(CC(=O)NC)CC1.I. The normalized spacial score (nSPS) is 15.1. The number of carbonyl (C=O) groups excluding carboxylic acids is 1. The molecule has 1 aromatic rings. The molecule has 0 unspecified atom stereocenters. The quantitative estimate of drug-likeness (QED) is 0.227. The van der Waals surface area contributed by atoms with Gasteiger partial charge in [-0.3, -0.25) is 9.79 Å². The van der Waals surface area contributed by atoms with Crippen molar-refractivity contribution in [2.24, 2.45) is 10.9 Å². The van der Waals surface area contributed by atoms with E-state index in [1.807, 2.05) is 12.1 Å². The maximum absolute atomic E-state index is 13.9. The summed E-state index contributed by atoms with van der Waals surface area (Å²) in [5, 5.41) is 6.06. The molecule has 8 heteroatoms. The number of likely N-dealkylation sites (tertiary alicyclic amines) is 1. The number of hydrogen-bond acceptors (Lipinski definition) is 2. The minimum atomic E-state index is -0.168. The Hall–Kier alpha value is -0.900. The summed E-state index contributed by atoms with van der Waals surface area (Å²) in [6.07, 6.45) is 4.09. The van der Waals surface area contributed by atoms with Gasteiger partial charge in [0.1, 0.15) is 5.82 Å². The van der Waals surface area contributed by atoms with Crippen LogP contribution in [0.3, 0.4) is 0 Å². The molecule has 0 spiro atoms. The van der Waals surface area contributed by atoms with Crippen molar-refractivity contribution in [2.45, 2.75) is 39.0 Å². The molecular formula is C20H31BrFIN4O. The number of aliphatic imine (C=N–C) groups is 1. The first-order valence-corrected chi connectivity index (χ1v) is 10.5. The number of halogens is 3. The molecule has 1 heterocycles. The molecule has 1 aliphatic rings. The average molecular weight is 569 g/mol. The molecule has 5 nitrogen and oxygen atoms in total. The van der Waals surface area contributed by atoms with E-state index in [-0.39, 0.29) is 35.7 Å². The fraction of sp³-hybridized carbons (Fsp3) is 0.600. The molecule has 1 amide bonds. The number of piperidine rings is 1. The monoisotopic (exact) mass is 568 g/mol. The number of rotatable bonds is 7. The second-order valence-corrected chi connectivity index (χ2v) is 7.80. The van der Waals surface area contributed by atoms with E-state index in [0.29, 0.717) is 25.3 Å². The van der Waals surface area contributed by atoms with Gasteiger partial charge in [-0.25, -0.2) is 4.39 Å². The van der Waals surface area contributed by atoms with Crippen LogP contribution >= 0.6 is 39.9 Å². The van der Waals surface area contributed by atoms with Crippen LogP contribution in [0.2, 0.25) is 0 Å². The Morgan fingerprint density at radius 2 is 2.07 bits per heavy atom. The van der Waals surface area contributed by atoms with Gasteiger partial charge in [-0.15, -0.1) is 24.0 Å². The zero-order valence-electron chi connectivity index (χ0n) is 16.6. The Morgan fingerprint density at radius 1 is 1.36 bits per heavy atom. The summed E-state index contributed by atoms with van der Waals surface area (Å²) < 4.78 is 14.6. The maximum atomic E-state index is 13.9. The average Bonchev–Trinajstić information content (AvgIpc) is 2.66. The van der Waals surface area contributed by atoms with Gasteiger partial charge in [0, 0.05) is 44.1 Å². The van der Waals surface area contributed by atoms with Crippen LogP contribution in [0, 0.1) is 11.7 Å². The van der Waals surface area contributed by atoms with Crippen LogP contribution in [0.5, 0.6) is 0 Å². The predicted octanol–water partition coefficient (Wildman–Crippen LogP) is 3.95. The standard InChI is InChI=1S/C20H30BrFN4O.HI/c1-3-24-20(26-11-8-15(9-12-26)13-19(27)23-2)25-10-4-5-16-6-7-17(21)14-18(16)22;/h6-7,14-15H,3-5,8-13H2,1-2H3,(H,23,27)(H,24,25);1H. The lowest BCUT2D eigenvalue weighted by Gasteiger charge is -2.34. The van der Waals surface area contributed by atoms with Crippen molar-refractivity contribution < 1.29 is 9.18 Å². The lowest BCUT2D eigenvalue weighted by atomic mass is 9.93. The molecule has 1 fully saturated rings. The third-order valence-electron chi connectivity index (χ3n) is 4.88. The highest BCUT2D eigenvalue weighted by atomic mass is 127. The summed E-state index contributed by atoms with van der Waals surface area (Å²) >= 11 is 3.28. The lowest BCUT2D eigenvalue weighted by molar-refractivity contribution is -0.121. The summed E-state index contributed by atoms with van der Waals surface area (Å²) in [6.45, 7) is 5.36. The molecule has 28 heavy (non-hydrogen) atoms. The molecule has 0 saturated carbocycles. The van der Waals surface area contributed by atoms with Crippen LogP contribution in [0.4, 0.5) is 4.39 Å². The molecule has 0 radical (unpaired) electrons. The molecule has 0 bridgehead atoms. The van der Waals surface area contributed by atoms with Gasteiger partial charge in [-0.1, -0.05) is 22.0 Å². The minimum absolute atomic E-state index is 0. The maximum Gasteiger partial charge on any atom is 0.220 e. The highest BCUT2D eigenvalue weighted by Crippen LogP contribution is 2.20. The van der Waals surface area contributed by atoms with Crippen molar-refractivity contribution in [2.75, 3.05) is 33.2 Å². The van der Waals surface area contributed by atoms with Crippen LogP contribution in [0.15, 0.2) is 27.7 Å². The van der Waals surface area contributed by atoms with Gasteiger partial charge in [0.25, 0.3) is 0 Å². The number of carbonyl (C=O) groups is 1. The van der Waals surface area contributed by atoms with Crippen molar-refractivity contribution >= 4 is 51.8 Å². The van der Waals surface area contributed by atoms with Gasteiger partial charge >= 0.3 is 0 Å².